The van der Waals surface area contributed by atoms with Crippen LogP contribution in [0, 0.1) is 17.8 Å². The van der Waals surface area contributed by atoms with Crippen LogP contribution in [0.2, 0.25) is 0 Å². The zero-order valence-electron chi connectivity index (χ0n) is 27.1. The molecule has 2 unspecified atom stereocenters. The van der Waals surface area contributed by atoms with Gasteiger partial charge in [-0.1, -0.05) is 156 Å². The van der Waals surface area contributed by atoms with Crippen LogP contribution in [0.1, 0.15) is 189 Å². The fourth-order valence-corrected chi connectivity index (χ4v) is 5.53. The first-order valence-electron chi connectivity index (χ1n) is 17.2. The van der Waals surface area contributed by atoms with Gasteiger partial charge in [-0.25, -0.2) is 0 Å². The van der Waals surface area contributed by atoms with Gasteiger partial charge in [-0.05, 0) is 56.4 Å². The van der Waals surface area contributed by atoms with Crippen LogP contribution >= 0.6 is 0 Å². The van der Waals surface area contributed by atoms with Crippen molar-refractivity contribution in [3.05, 3.63) is 11.6 Å². The lowest BCUT2D eigenvalue weighted by Crippen LogP contribution is -2.05. The molecule has 2 nitrogen and oxygen atoms in total. The Hall–Kier alpha value is -0.790. The van der Waals surface area contributed by atoms with Gasteiger partial charge in [0.05, 0.1) is 0 Å². The molecule has 0 saturated heterocycles. The molecule has 0 radical (unpaired) electrons. The first-order valence-corrected chi connectivity index (χ1v) is 17.2. The molecule has 38 heavy (non-hydrogen) atoms. The monoisotopic (exact) mass is 535 g/mol. The normalized spacial score (nSPS) is 13.7. The summed E-state index contributed by atoms with van der Waals surface area (Å²) < 4.78 is 5.44. The first-order chi connectivity index (χ1) is 18.3. The molecule has 0 saturated carbocycles. The molecular weight excluding hydrogens is 464 g/mol. The fraction of sp³-hybridized carbons (Fsp3) is 0.917. The standard InChI is InChI=1S/C36H70O2/c1-7-8-9-10-11-12-13-14-15-18-21-24-33(4)29-30-38-36(37)26-23-20-17-16-19-22-25-34(5)31-35(6)28-27-32(2)3/h29,32,34-35H,7-28,30-31H2,1-6H3/b33-29+. The molecule has 0 aliphatic rings. The Morgan fingerprint density at radius 1 is 0.605 bits per heavy atom. The molecule has 0 aromatic carbocycles. The van der Waals surface area contributed by atoms with E-state index < -0.39 is 0 Å². The SMILES string of the molecule is CCCCCCCCCCCCC/C(C)=C/COC(=O)CCCCCCCCC(C)CC(C)CCC(C)C. The highest BCUT2D eigenvalue weighted by atomic mass is 16.5. The van der Waals surface area contributed by atoms with Gasteiger partial charge in [-0.3, -0.25) is 4.79 Å². The number of carbonyl (C=O) groups excluding carboxylic acids is 1. The lowest BCUT2D eigenvalue weighted by molar-refractivity contribution is -0.142. The van der Waals surface area contributed by atoms with Crippen LogP contribution in [0.5, 0.6) is 0 Å². The van der Waals surface area contributed by atoms with E-state index in [4.69, 9.17) is 4.74 Å². The molecule has 0 spiro atoms. The molecule has 2 atom stereocenters. The van der Waals surface area contributed by atoms with Gasteiger partial charge in [0.2, 0.25) is 0 Å². The Bertz CT molecular complexity index is 535. The van der Waals surface area contributed by atoms with E-state index in [1.807, 2.05) is 0 Å². The van der Waals surface area contributed by atoms with Gasteiger partial charge in [-0.15, -0.1) is 0 Å². The second-order valence-electron chi connectivity index (χ2n) is 13.1. The van der Waals surface area contributed by atoms with Gasteiger partial charge < -0.3 is 4.74 Å². The predicted octanol–water partition coefficient (Wildman–Crippen LogP) is 12.4. The topological polar surface area (TPSA) is 26.3 Å². The van der Waals surface area contributed by atoms with Crippen LogP contribution in [0.15, 0.2) is 11.6 Å². The first kappa shape index (κ1) is 37.2. The van der Waals surface area contributed by atoms with Crippen LogP contribution in [0.4, 0.5) is 0 Å². The van der Waals surface area contributed by atoms with Gasteiger partial charge in [0, 0.05) is 6.42 Å². The molecule has 2 heteroatoms. The highest BCUT2D eigenvalue weighted by molar-refractivity contribution is 5.69. The van der Waals surface area contributed by atoms with Crippen molar-refractivity contribution < 1.29 is 9.53 Å². The third-order valence-electron chi connectivity index (χ3n) is 8.22. The van der Waals surface area contributed by atoms with E-state index in [9.17, 15) is 4.79 Å². The summed E-state index contributed by atoms with van der Waals surface area (Å²) in [7, 11) is 0. The van der Waals surface area contributed by atoms with Gasteiger partial charge in [-0.2, -0.15) is 0 Å². The molecule has 0 N–H and O–H groups in total. The predicted molar refractivity (Wildman–Crippen MR) is 170 cm³/mol. The number of ether oxygens (including phenoxy) is 1. The summed E-state index contributed by atoms with van der Waals surface area (Å²) in [6.45, 7) is 14.5. The van der Waals surface area contributed by atoms with Crippen molar-refractivity contribution in [3.8, 4) is 0 Å². The number of hydrogen-bond donors (Lipinski definition) is 0. The summed E-state index contributed by atoms with van der Waals surface area (Å²) in [5.41, 5.74) is 1.37. The Balaban J connectivity index is 3.50. The van der Waals surface area contributed by atoms with Gasteiger partial charge >= 0.3 is 5.97 Å². The van der Waals surface area contributed by atoms with Gasteiger partial charge in [0.25, 0.3) is 0 Å². The van der Waals surface area contributed by atoms with Crippen LogP contribution in [-0.2, 0) is 9.53 Å². The maximum atomic E-state index is 12.0. The fourth-order valence-electron chi connectivity index (χ4n) is 5.53. The minimum Gasteiger partial charge on any atom is -0.461 e. The molecule has 0 rings (SSSR count). The molecular formula is C36H70O2. The molecule has 0 bridgehead atoms. The van der Waals surface area contributed by atoms with E-state index in [1.165, 1.54) is 128 Å². The average molecular weight is 535 g/mol. The summed E-state index contributed by atoms with van der Waals surface area (Å²) in [5, 5.41) is 0. The Kier molecular flexibility index (Phi) is 27.2. The molecule has 0 fully saturated rings. The molecule has 226 valence electrons. The molecule has 0 aliphatic heterocycles. The number of carbonyl (C=O) groups is 1. The second kappa shape index (κ2) is 27.8. The number of rotatable bonds is 28. The van der Waals surface area contributed by atoms with E-state index in [0.29, 0.717) is 13.0 Å². The number of unbranched alkanes of at least 4 members (excludes halogenated alkanes) is 15. The molecule has 0 aromatic rings. The van der Waals surface area contributed by atoms with E-state index in [-0.39, 0.29) is 5.97 Å². The average Bonchev–Trinajstić information content (AvgIpc) is 2.87. The van der Waals surface area contributed by atoms with Crippen molar-refractivity contribution in [2.75, 3.05) is 6.61 Å². The lowest BCUT2D eigenvalue weighted by Gasteiger charge is -2.18. The third-order valence-corrected chi connectivity index (χ3v) is 8.22. The van der Waals surface area contributed by atoms with Crippen molar-refractivity contribution in [2.45, 2.75) is 189 Å². The summed E-state index contributed by atoms with van der Waals surface area (Å²) in [4.78, 5) is 12.0. The van der Waals surface area contributed by atoms with Crippen molar-refractivity contribution in [1.29, 1.82) is 0 Å². The Labute approximate surface area is 240 Å². The molecule has 0 amide bonds. The molecule has 0 aromatic heterocycles. The zero-order chi connectivity index (χ0) is 28.3. The van der Waals surface area contributed by atoms with Crippen LogP contribution in [0.25, 0.3) is 0 Å². The summed E-state index contributed by atoms with van der Waals surface area (Å²) >= 11 is 0. The quantitative estimate of drug-likeness (QED) is 0.0566. The highest BCUT2D eigenvalue weighted by Crippen LogP contribution is 2.23. The molecule has 0 aliphatic carbocycles. The van der Waals surface area contributed by atoms with E-state index in [1.54, 1.807) is 0 Å². The smallest absolute Gasteiger partial charge is 0.306 e. The summed E-state index contributed by atoms with van der Waals surface area (Å²) in [6.07, 6.45) is 32.0. The maximum absolute atomic E-state index is 12.0. The second-order valence-corrected chi connectivity index (χ2v) is 13.1. The number of hydrogen-bond acceptors (Lipinski definition) is 2. The lowest BCUT2D eigenvalue weighted by atomic mass is 9.88. The maximum Gasteiger partial charge on any atom is 0.306 e. The zero-order valence-corrected chi connectivity index (χ0v) is 27.1. The summed E-state index contributed by atoms with van der Waals surface area (Å²) in [6, 6.07) is 0. The summed E-state index contributed by atoms with van der Waals surface area (Å²) in [5.74, 6) is 2.55. The van der Waals surface area contributed by atoms with Crippen molar-refractivity contribution >= 4 is 5.97 Å². The van der Waals surface area contributed by atoms with Crippen LogP contribution in [0.3, 0.4) is 0 Å². The van der Waals surface area contributed by atoms with Gasteiger partial charge in [0.15, 0.2) is 0 Å². The minimum absolute atomic E-state index is 0.0239. The highest BCUT2D eigenvalue weighted by Gasteiger charge is 2.09. The number of esters is 1. The largest absolute Gasteiger partial charge is 0.461 e. The van der Waals surface area contributed by atoms with E-state index >= 15 is 0 Å². The van der Waals surface area contributed by atoms with Crippen molar-refractivity contribution in [3.63, 3.8) is 0 Å². The molecule has 0 heterocycles. The third kappa shape index (κ3) is 28.2. The minimum atomic E-state index is -0.0239. The Morgan fingerprint density at radius 3 is 1.63 bits per heavy atom. The van der Waals surface area contributed by atoms with Crippen LogP contribution < -0.4 is 0 Å². The Morgan fingerprint density at radius 2 is 1.08 bits per heavy atom. The van der Waals surface area contributed by atoms with Crippen molar-refractivity contribution in [1.82, 2.24) is 0 Å². The van der Waals surface area contributed by atoms with Gasteiger partial charge in [0.1, 0.15) is 6.61 Å². The number of allylic oxidation sites excluding steroid dienone is 1. The van der Waals surface area contributed by atoms with E-state index in [2.05, 4.69) is 47.6 Å². The van der Waals surface area contributed by atoms with Crippen LogP contribution in [-0.4, -0.2) is 12.6 Å². The van der Waals surface area contributed by atoms with E-state index in [0.717, 1.165) is 37.0 Å². The van der Waals surface area contributed by atoms with Crippen molar-refractivity contribution in [2.24, 2.45) is 17.8 Å².